The average molecular weight is 258 g/mol. The number of amides is 2. The molecule has 0 aromatic heterocycles. The van der Waals surface area contributed by atoms with E-state index in [2.05, 4.69) is 0 Å². The zero-order chi connectivity index (χ0) is 13.4. The third kappa shape index (κ3) is 2.11. The van der Waals surface area contributed by atoms with Gasteiger partial charge in [0.05, 0.1) is 6.04 Å². The van der Waals surface area contributed by atoms with E-state index in [0.717, 1.165) is 36.9 Å². The van der Waals surface area contributed by atoms with Crippen molar-refractivity contribution in [2.75, 3.05) is 5.73 Å². The summed E-state index contributed by atoms with van der Waals surface area (Å²) in [6.07, 6.45) is 4.35. The SMILES string of the molecule is Nc1ccc2c(c1)CCC2N1C(=O)CCCCC1=O. The van der Waals surface area contributed by atoms with E-state index in [1.54, 1.807) is 0 Å². The lowest BCUT2D eigenvalue weighted by atomic mass is 10.1. The Morgan fingerprint density at radius 1 is 1.05 bits per heavy atom. The molecular formula is C15H18N2O2. The lowest BCUT2D eigenvalue weighted by Crippen LogP contribution is -2.37. The van der Waals surface area contributed by atoms with Crippen LogP contribution in [0.5, 0.6) is 0 Å². The minimum atomic E-state index is -0.0753. The summed E-state index contributed by atoms with van der Waals surface area (Å²) in [7, 11) is 0. The molecule has 2 N–H and O–H groups in total. The van der Waals surface area contributed by atoms with Crippen LogP contribution in [0.3, 0.4) is 0 Å². The molecule has 1 atom stereocenters. The lowest BCUT2D eigenvalue weighted by Gasteiger charge is -2.26. The van der Waals surface area contributed by atoms with Gasteiger partial charge < -0.3 is 5.73 Å². The number of nitrogens with zero attached hydrogens (tertiary/aromatic N) is 1. The van der Waals surface area contributed by atoms with Gasteiger partial charge >= 0.3 is 0 Å². The third-order valence-electron chi connectivity index (χ3n) is 4.09. The zero-order valence-electron chi connectivity index (χ0n) is 10.9. The molecule has 0 radical (unpaired) electrons. The Morgan fingerprint density at radius 3 is 2.42 bits per heavy atom. The summed E-state index contributed by atoms with van der Waals surface area (Å²) in [6.45, 7) is 0. The highest BCUT2D eigenvalue weighted by Gasteiger charge is 2.35. The third-order valence-corrected chi connectivity index (χ3v) is 4.09. The highest BCUT2D eigenvalue weighted by Crippen LogP contribution is 2.38. The molecule has 1 fully saturated rings. The number of benzene rings is 1. The van der Waals surface area contributed by atoms with Crippen LogP contribution >= 0.6 is 0 Å². The van der Waals surface area contributed by atoms with Crippen molar-refractivity contribution in [3.8, 4) is 0 Å². The van der Waals surface area contributed by atoms with Gasteiger partial charge in [0.1, 0.15) is 0 Å². The maximum atomic E-state index is 12.2. The molecule has 0 saturated carbocycles. The number of fused-ring (bicyclic) bond motifs is 1. The molecule has 1 aliphatic carbocycles. The number of nitrogens with two attached hydrogens (primary N) is 1. The first-order valence-corrected chi connectivity index (χ1v) is 6.90. The van der Waals surface area contributed by atoms with Crippen LogP contribution in [0.1, 0.15) is 49.3 Å². The van der Waals surface area contributed by atoms with Crippen LogP contribution in [0.2, 0.25) is 0 Å². The van der Waals surface area contributed by atoms with E-state index in [4.69, 9.17) is 5.73 Å². The quantitative estimate of drug-likeness (QED) is 0.620. The predicted molar refractivity (Wildman–Crippen MR) is 72.2 cm³/mol. The Labute approximate surface area is 112 Å². The van der Waals surface area contributed by atoms with Gasteiger partial charge in [0, 0.05) is 18.5 Å². The molecule has 1 unspecified atom stereocenters. The second-order valence-electron chi connectivity index (χ2n) is 5.38. The van der Waals surface area contributed by atoms with Crippen LogP contribution in [-0.2, 0) is 16.0 Å². The Bertz CT molecular complexity index is 521. The van der Waals surface area contributed by atoms with E-state index in [1.165, 1.54) is 10.5 Å². The molecule has 1 aromatic carbocycles. The van der Waals surface area contributed by atoms with Crippen molar-refractivity contribution in [3.63, 3.8) is 0 Å². The van der Waals surface area contributed by atoms with E-state index in [0.29, 0.717) is 12.8 Å². The van der Waals surface area contributed by atoms with Crippen molar-refractivity contribution in [2.24, 2.45) is 0 Å². The first kappa shape index (κ1) is 12.2. The van der Waals surface area contributed by atoms with E-state index >= 15 is 0 Å². The number of rotatable bonds is 1. The molecule has 2 amide bonds. The average Bonchev–Trinajstić information content (AvgIpc) is 2.70. The van der Waals surface area contributed by atoms with Crippen molar-refractivity contribution in [1.29, 1.82) is 0 Å². The Kier molecular flexibility index (Phi) is 3.01. The van der Waals surface area contributed by atoms with E-state index in [-0.39, 0.29) is 17.9 Å². The number of hydrogen-bond donors (Lipinski definition) is 1. The Hall–Kier alpha value is -1.84. The molecule has 100 valence electrons. The number of carbonyl (C=O) groups excluding carboxylic acids is 2. The summed E-state index contributed by atoms with van der Waals surface area (Å²) in [6, 6.07) is 5.70. The van der Waals surface area contributed by atoms with Crippen LogP contribution in [-0.4, -0.2) is 16.7 Å². The van der Waals surface area contributed by atoms with Gasteiger partial charge in [-0.3, -0.25) is 14.5 Å². The molecule has 0 spiro atoms. The second-order valence-corrected chi connectivity index (χ2v) is 5.38. The minimum Gasteiger partial charge on any atom is -0.399 e. The fraction of sp³-hybridized carbons (Fsp3) is 0.467. The van der Waals surface area contributed by atoms with Gasteiger partial charge in [-0.2, -0.15) is 0 Å². The van der Waals surface area contributed by atoms with Crippen LogP contribution in [0.4, 0.5) is 5.69 Å². The fourth-order valence-corrected chi connectivity index (χ4v) is 3.16. The first-order chi connectivity index (χ1) is 9.16. The summed E-state index contributed by atoms with van der Waals surface area (Å²) in [5.74, 6) is -0.0330. The summed E-state index contributed by atoms with van der Waals surface area (Å²) in [5, 5.41) is 0. The summed E-state index contributed by atoms with van der Waals surface area (Å²) in [5.41, 5.74) is 8.80. The molecular weight excluding hydrogens is 240 g/mol. The number of imide groups is 1. The largest absolute Gasteiger partial charge is 0.399 e. The Morgan fingerprint density at radius 2 is 1.74 bits per heavy atom. The molecule has 1 heterocycles. The normalized spacial score (nSPS) is 23.4. The molecule has 4 nitrogen and oxygen atoms in total. The van der Waals surface area contributed by atoms with Crippen molar-refractivity contribution in [1.82, 2.24) is 4.90 Å². The van der Waals surface area contributed by atoms with E-state index in [9.17, 15) is 9.59 Å². The number of anilines is 1. The van der Waals surface area contributed by atoms with Gasteiger partial charge in [-0.15, -0.1) is 0 Å². The molecule has 3 rings (SSSR count). The monoisotopic (exact) mass is 258 g/mol. The lowest BCUT2D eigenvalue weighted by molar-refractivity contribution is -0.146. The van der Waals surface area contributed by atoms with Crippen molar-refractivity contribution >= 4 is 17.5 Å². The van der Waals surface area contributed by atoms with Gasteiger partial charge in [0.15, 0.2) is 0 Å². The molecule has 1 aromatic rings. The van der Waals surface area contributed by atoms with Gasteiger partial charge in [0.25, 0.3) is 0 Å². The molecule has 2 aliphatic rings. The van der Waals surface area contributed by atoms with Gasteiger partial charge in [-0.25, -0.2) is 0 Å². The van der Waals surface area contributed by atoms with Gasteiger partial charge in [0.2, 0.25) is 11.8 Å². The van der Waals surface area contributed by atoms with Crippen molar-refractivity contribution in [2.45, 2.75) is 44.6 Å². The molecule has 1 aliphatic heterocycles. The second kappa shape index (κ2) is 4.68. The number of hydrogen-bond acceptors (Lipinski definition) is 3. The zero-order valence-corrected chi connectivity index (χ0v) is 10.9. The molecule has 1 saturated heterocycles. The maximum absolute atomic E-state index is 12.2. The Balaban J connectivity index is 1.95. The van der Waals surface area contributed by atoms with Crippen LogP contribution in [0.15, 0.2) is 18.2 Å². The first-order valence-electron chi connectivity index (χ1n) is 6.90. The van der Waals surface area contributed by atoms with Crippen molar-refractivity contribution in [3.05, 3.63) is 29.3 Å². The fourth-order valence-electron chi connectivity index (χ4n) is 3.16. The van der Waals surface area contributed by atoms with E-state index < -0.39 is 0 Å². The predicted octanol–water partition coefficient (Wildman–Crippen LogP) is 2.19. The van der Waals surface area contributed by atoms with Crippen LogP contribution in [0.25, 0.3) is 0 Å². The topological polar surface area (TPSA) is 63.4 Å². The standard InChI is InChI=1S/C15H18N2O2/c16-11-6-7-12-10(9-11)5-8-13(12)17-14(18)3-1-2-4-15(17)19/h6-7,9,13H,1-5,8,16H2. The van der Waals surface area contributed by atoms with Crippen LogP contribution in [0, 0.1) is 0 Å². The highest BCUT2D eigenvalue weighted by atomic mass is 16.2. The van der Waals surface area contributed by atoms with E-state index in [1.807, 2.05) is 18.2 Å². The number of carbonyl (C=O) groups is 2. The van der Waals surface area contributed by atoms with Gasteiger partial charge in [-0.05, 0) is 48.9 Å². The summed E-state index contributed by atoms with van der Waals surface area (Å²) >= 11 is 0. The maximum Gasteiger partial charge on any atom is 0.229 e. The smallest absolute Gasteiger partial charge is 0.229 e. The number of nitrogen functional groups attached to an aromatic ring is 1. The molecule has 4 heteroatoms. The number of likely N-dealkylation sites (tertiary alicyclic amines) is 1. The van der Waals surface area contributed by atoms with Crippen LogP contribution < -0.4 is 5.73 Å². The minimum absolute atomic E-state index is 0.0165. The molecule has 0 bridgehead atoms. The van der Waals surface area contributed by atoms with Gasteiger partial charge in [-0.1, -0.05) is 6.07 Å². The highest BCUT2D eigenvalue weighted by molar-refractivity contribution is 5.96. The molecule has 19 heavy (non-hydrogen) atoms. The summed E-state index contributed by atoms with van der Waals surface area (Å²) in [4.78, 5) is 25.8. The number of aryl methyl sites for hydroxylation is 1. The van der Waals surface area contributed by atoms with Crippen molar-refractivity contribution < 1.29 is 9.59 Å². The summed E-state index contributed by atoms with van der Waals surface area (Å²) < 4.78 is 0.